The van der Waals surface area contributed by atoms with Crippen molar-refractivity contribution in [2.45, 2.75) is 32.1 Å². The molecule has 24 heavy (non-hydrogen) atoms. The Bertz CT molecular complexity index is 937. The minimum atomic E-state index is -0.403. The standard InChI is InChI=1S/C17H14ClN3O2S/c18-16-15-12-3-1-2-4-13(12)24-17(15)20-14(19-16)9-10-5-7-11(8-6-10)21(22)23/h5-8H,1-4,9H2. The molecule has 1 aliphatic carbocycles. The third-order valence-electron chi connectivity index (χ3n) is 4.33. The fourth-order valence-corrected chi connectivity index (χ4v) is 4.79. The highest BCUT2D eigenvalue weighted by atomic mass is 35.5. The van der Waals surface area contributed by atoms with Gasteiger partial charge in [-0.1, -0.05) is 23.7 Å². The number of hydrogen-bond donors (Lipinski definition) is 0. The van der Waals surface area contributed by atoms with Crippen molar-refractivity contribution in [2.24, 2.45) is 0 Å². The minimum Gasteiger partial charge on any atom is -0.258 e. The summed E-state index contributed by atoms with van der Waals surface area (Å²) in [5, 5.41) is 12.3. The Hall–Kier alpha value is -2.05. The predicted octanol–water partition coefficient (Wildman–Crippen LogP) is 4.72. The second-order valence-electron chi connectivity index (χ2n) is 5.92. The van der Waals surface area contributed by atoms with Gasteiger partial charge in [-0.15, -0.1) is 11.3 Å². The van der Waals surface area contributed by atoms with E-state index in [-0.39, 0.29) is 5.69 Å². The van der Waals surface area contributed by atoms with Gasteiger partial charge in [0, 0.05) is 23.4 Å². The number of nitro groups is 1. The fraction of sp³-hybridized carbons (Fsp3) is 0.294. The highest BCUT2D eigenvalue weighted by Gasteiger charge is 2.20. The summed E-state index contributed by atoms with van der Waals surface area (Å²) >= 11 is 8.16. The van der Waals surface area contributed by atoms with Crippen molar-refractivity contribution in [3.05, 3.63) is 61.4 Å². The number of rotatable bonds is 3. The molecule has 5 nitrogen and oxygen atoms in total. The van der Waals surface area contributed by atoms with Gasteiger partial charge in [0.25, 0.3) is 5.69 Å². The zero-order valence-corrected chi connectivity index (χ0v) is 14.4. The van der Waals surface area contributed by atoms with Crippen LogP contribution in [0, 0.1) is 10.1 Å². The van der Waals surface area contributed by atoms with E-state index in [9.17, 15) is 10.1 Å². The molecule has 0 saturated heterocycles. The molecule has 7 heteroatoms. The van der Waals surface area contributed by atoms with Gasteiger partial charge in [0.05, 0.1) is 10.3 Å². The van der Waals surface area contributed by atoms with Gasteiger partial charge in [-0.25, -0.2) is 9.97 Å². The van der Waals surface area contributed by atoms with Crippen LogP contribution in [0.3, 0.4) is 0 Å². The molecule has 0 fully saturated rings. The van der Waals surface area contributed by atoms with Crippen molar-refractivity contribution in [2.75, 3.05) is 0 Å². The van der Waals surface area contributed by atoms with Crippen LogP contribution in [-0.2, 0) is 19.3 Å². The molecule has 0 atom stereocenters. The molecule has 2 aromatic heterocycles. The molecule has 3 aromatic rings. The number of benzene rings is 1. The first kappa shape index (κ1) is 15.5. The maximum atomic E-state index is 10.7. The Kier molecular flexibility index (Phi) is 3.94. The molecule has 122 valence electrons. The first-order chi connectivity index (χ1) is 11.6. The summed E-state index contributed by atoms with van der Waals surface area (Å²) in [5.41, 5.74) is 2.34. The van der Waals surface area contributed by atoms with E-state index in [1.807, 2.05) is 0 Å². The Morgan fingerprint density at radius 2 is 1.92 bits per heavy atom. The third kappa shape index (κ3) is 2.76. The lowest BCUT2D eigenvalue weighted by molar-refractivity contribution is -0.384. The molecule has 1 aromatic carbocycles. The fourth-order valence-electron chi connectivity index (χ4n) is 3.15. The Labute approximate surface area is 147 Å². The molecule has 2 heterocycles. The summed E-state index contributed by atoms with van der Waals surface area (Å²) in [6.07, 6.45) is 5.08. The van der Waals surface area contributed by atoms with E-state index in [1.165, 1.54) is 35.4 Å². The number of aryl methyl sites for hydroxylation is 2. The van der Waals surface area contributed by atoms with Crippen LogP contribution in [0.15, 0.2) is 24.3 Å². The van der Waals surface area contributed by atoms with Crippen molar-refractivity contribution in [1.82, 2.24) is 9.97 Å². The molecular weight excluding hydrogens is 346 g/mol. The Morgan fingerprint density at radius 1 is 1.17 bits per heavy atom. The average Bonchev–Trinajstić information content (AvgIpc) is 2.94. The maximum absolute atomic E-state index is 10.7. The zero-order valence-electron chi connectivity index (χ0n) is 12.8. The molecule has 0 saturated carbocycles. The van der Waals surface area contributed by atoms with Gasteiger partial charge in [-0.05, 0) is 36.8 Å². The van der Waals surface area contributed by atoms with Crippen LogP contribution >= 0.6 is 22.9 Å². The van der Waals surface area contributed by atoms with E-state index in [0.29, 0.717) is 17.4 Å². The lowest BCUT2D eigenvalue weighted by Gasteiger charge is -2.10. The van der Waals surface area contributed by atoms with Crippen molar-refractivity contribution in [3.8, 4) is 0 Å². The van der Waals surface area contributed by atoms with Crippen LogP contribution in [-0.4, -0.2) is 14.9 Å². The quantitative estimate of drug-likeness (QED) is 0.385. The number of fused-ring (bicyclic) bond motifs is 3. The van der Waals surface area contributed by atoms with Crippen LogP contribution in [0.4, 0.5) is 5.69 Å². The SMILES string of the molecule is O=[N+]([O-])c1ccc(Cc2nc(Cl)c3c4c(sc3n2)CCCC4)cc1. The maximum Gasteiger partial charge on any atom is 0.269 e. The summed E-state index contributed by atoms with van der Waals surface area (Å²) in [7, 11) is 0. The van der Waals surface area contributed by atoms with Gasteiger partial charge in [0.15, 0.2) is 0 Å². The highest BCUT2D eigenvalue weighted by molar-refractivity contribution is 7.19. The smallest absolute Gasteiger partial charge is 0.258 e. The van der Waals surface area contributed by atoms with Crippen LogP contribution in [0.25, 0.3) is 10.2 Å². The lowest BCUT2D eigenvalue weighted by atomic mass is 9.97. The van der Waals surface area contributed by atoms with Crippen LogP contribution in [0.1, 0.15) is 34.7 Å². The first-order valence-electron chi connectivity index (χ1n) is 7.82. The lowest BCUT2D eigenvalue weighted by Crippen LogP contribution is -2.00. The van der Waals surface area contributed by atoms with E-state index < -0.39 is 4.92 Å². The molecule has 0 N–H and O–H groups in total. The largest absolute Gasteiger partial charge is 0.269 e. The topological polar surface area (TPSA) is 68.9 Å². The molecule has 0 radical (unpaired) electrons. The van der Waals surface area contributed by atoms with Gasteiger partial charge < -0.3 is 0 Å². The number of nitro benzene ring substituents is 1. The number of non-ortho nitro benzene ring substituents is 1. The number of aromatic nitrogens is 2. The van der Waals surface area contributed by atoms with E-state index in [0.717, 1.165) is 28.6 Å². The van der Waals surface area contributed by atoms with E-state index in [2.05, 4.69) is 9.97 Å². The Balaban J connectivity index is 1.68. The molecule has 0 aliphatic heterocycles. The van der Waals surface area contributed by atoms with Crippen LogP contribution in [0.5, 0.6) is 0 Å². The van der Waals surface area contributed by atoms with Gasteiger partial charge >= 0.3 is 0 Å². The minimum absolute atomic E-state index is 0.0825. The summed E-state index contributed by atoms with van der Waals surface area (Å²) in [5.74, 6) is 0.653. The summed E-state index contributed by atoms with van der Waals surface area (Å²) in [6, 6.07) is 6.47. The van der Waals surface area contributed by atoms with Crippen LogP contribution in [0.2, 0.25) is 5.15 Å². The van der Waals surface area contributed by atoms with Gasteiger partial charge in [-0.2, -0.15) is 0 Å². The molecule has 0 unspecified atom stereocenters. The summed E-state index contributed by atoms with van der Waals surface area (Å²) in [4.78, 5) is 21.8. The number of nitrogens with zero attached hydrogens (tertiary/aromatic N) is 3. The van der Waals surface area contributed by atoms with Gasteiger partial charge in [-0.3, -0.25) is 10.1 Å². The number of thiophene rings is 1. The average molecular weight is 360 g/mol. The van der Waals surface area contributed by atoms with E-state index in [4.69, 9.17) is 11.6 Å². The monoisotopic (exact) mass is 359 g/mol. The van der Waals surface area contributed by atoms with Crippen molar-refractivity contribution >= 4 is 38.8 Å². The molecule has 4 rings (SSSR count). The van der Waals surface area contributed by atoms with Gasteiger partial charge in [0.2, 0.25) is 0 Å². The van der Waals surface area contributed by atoms with E-state index in [1.54, 1.807) is 23.5 Å². The highest BCUT2D eigenvalue weighted by Crippen LogP contribution is 2.38. The normalized spacial score (nSPS) is 13.9. The van der Waals surface area contributed by atoms with Gasteiger partial charge in [0.1, 0.15) is 15.8 Å². The second-order valence-corrected chi connectivity index (χ2v) is 7.36. The van der Waals surface area contributed by atoms with Crippen LogP contribution < -0.4 is 0 Å². The van der Waals surface area contributed by atoms with Crippen molar-refractivity contribution in [3.63, 3.8) is 0 Å². The number of halogens is 1. The number of hydrogen-bond acceptors (Lipinski definition) is 5. The molecule has 0 spiro atoms. The summed E-state index contributed by atoms with van der Waals surface area (Å²) in [6.45, 7) is 0. The first-order valence-corrected chi connectivity index (χ1v) is 9.01. The Morgan fingerprint density at radius 3 is 2.67 bits per heavy atom. The third-order valence-corrected chi connectivity index (χ3v) is 5.79. The molecule has 0 amide bonds. The van der Waals surface area contributed by atoms with Crippen molar-refractivity contribution < 1.29 is 4.92 Å². The predicted molar refractivity (Wildman–Crippen MR) is 95.0 cm³/mol. The molecular formula is C17H14ClN3O2S. The van der Waals surface area contributed by atoms with E-state index >= 15 is 0 Å². The van der Waals surface area contributed by atoms with Crippen molar-refractivity contribution in [1.29, 1.82) is 0 Å². The molecule has 0 bridgehead atoms. The molecule has 1 aliphatic rings. The zero-order chi connectivity index (χ0) is 16.7. The summed E-state index contributed by atoms with van der Waals surface area (Å²) < 4.78 is 0. The second kappa shape index (κ2) is 6.11.